The zero-order chi connectivity index (χ0) is 16.1. The van der Waals surface area contributed by atoms with Crippen LogP contribution in [0.2, 0.25) is 5.02 Å². The molecule has 2 N–H and O–H groups in total. The van der Waals surface area contributed by atoms with Gasteiger partial charge in [-0.15, -0.1) is 0 Å². The van der Waals surface area contributed by atoms with Crippen LogP contribution in [0.1, 0.15) is 40.7 Å². The Labute approximate surface area is 140 Å². The summed E-state index contributed by atoms with van der Waals surface area (Å²) in [6.45, 7) is 2.43. The van der Waals surface area contributed by atoms with Gasteiger partial charge in [-0.3, -0.25) is 4.79 Å². The van der Waals surface area contributed by atoms with Gasteiger partial charge < -0.3 is 15.1 Å². The van der Waals surface area contributed by atoms with Gasteiger partial charge in [-0.1, -0.05) is 23.7 Å². The molecule has 1 unspecified atom stereocenters. The number of hydrogen-bond donors (Lipinski definition) is 2. The van der Waals surface area contributed by atoms with E-state index >= 15 is 0 Å². The van der Waals surface area contributed by atoms with Crippen molar-refractivity contribution in [2.75, 3.05) is 19.6 Å². The van der Waals surface area contributed by atoms with Crippen LogP contribution in [-0.2, 0) is 6.42 Å². The number of carbonyl (C=O) groups is 1. The number of aromatic nitrogens is 1. The van der Waals surface area contributed by atoms with Crippen LogP contribution in [0, 0.1) is 0 Å². The van der Waals surface area contributed by atoms with Gasteiger partial charge in [0.1, 0.15) is 6.26 Å². The number of nitrogens with zero attached hydrogens (tertiary/aromatic N) is 1. The second-order valence-electron chi connectivity index (χ2n) is 5.75. The molecule has 1 fully saturated rings. The highest BCUT2D eigenvalue weighted by Gasteiger charge is 2.21. The molecule has 1 atom stereocenters. The smallest absolute Gasteiger partial charge is 0.273 e. The number of rotatable bonds is 5. The van der Waals surface area contributed by atoms with Crippen molar-refractivity contribution >= 4 is 17.5 Å². The minimum atomic E-state index is -0.203. The van der Waals surface area contributed by atoms with Crippen molar-refractivity contribution in [1.82, 2.24) is 15.6 Å². The Bertz CT molecular complexity index is 665. The van der Waals surface area contributed by atoms with Gasteiger partial charge in [0.2, 0.25) is 0 Å². The van der Waals surface area contributed by atoms with Crippen LogP contribution >= 0.6 is 11.6 Å². The zero-order valence-corrected chi connectivity index (χ0v) is 13.6. The lowest BCUT2D eigenvalue weighted by Gasteiger charge is -2.19. The number of nitrogens with one attached hydrogen (secondary N) is 2. The second kappa shape index (κ2) is 7.62. The Balaban J connectivity index is 1.51. The third-order valence-electron chi connectivity index (χ3n) is 3.99. The van der Waals surface area contributed by atoms with E-state index in [-0.39, 0.29) is 11.8 Å². The molecule has 0 aliphatic carbocycles. The van der Waals surface area contributed by atoms with Crippen molar-refractivity contribution < 1.29 is 9.21 Å². The molecule has 5 nitrogen and oxygen atoms in total. The van der Waals surface area contributed by atoms with E-state index in [0.717, 1.165) is 37.9 Å². The van der Waals surface area contributed by atoms with E-state index in [1.165, 1.54) is 6.26 Å². The lowest BCUT2D eigenvalue weighted by Crippen LogP contribution is -2.29. The molecule has 1 aliphatic heterocycles. The summed E-state index contributed by atoms with van der Waals surface area (Å²) in [6, 6.07) is 7.63. The number of piperidine rings is 1. The zero-order valence-electron chi connectivity index (χ0n) is 12.8. The van der Waals surface area contributed by atoms with E-state index in [9.17, 15) is 4.79 Å². The molecule has 0 spiro atoms. The maximum Gasteiger partial charge on any atom is 0.273 e. The lowest BCUT2D eigenvalue weighted by atomic mass is 10.00. The Morgan fingerprint density at radius 2 is 2.39 bits per heavy atom. The Morgan fingerprint density at radius 1 is 1.48 bits per heavy atom. The average Bonchev–Trinajstić information content (AvgIpc) is 3.06. The minimum Gasteiger partial charge on any atom is -0.448 e. The molecular formula is C17H20ClN3O2. The van der Waals surface area contributed by atoms with Gasteiger partial charge in [0.05, 0.1) is 0 Å². The molecule has 122 valence electrons. The highest BCUT2D eigenvalue weighted by Crippen LogP contribution is 2.22. The maximum absolute atomic E-state index is 12.1. The van der Waals surface area contributed by atoms with Gasteiger partial charge in [-0.05, 0) is 43.5 Å². The van der Waals surface area contributed by atoms with Gasteiger partial charge in [-0.2, -0.15) is 0 Å². The van der Waals surface area contributed by atoms with Crippen LogP contribution in [0.4, 0.5) is 0 Å². The molecule has 1 aromatic heterocycles. The summed E-state index contributed by atoms with van der Waals surface area (Å²) in [6.07, 6.45) is 4.32. The summed E-state index contributed by atoms with van der Waals surface area (Å²) in [5.74, 6) is 0.708. The predicted molar refractivity (Wildman–Crippen MR) is 88.8 cm³/mol. The van der Waals surface area contributed by atoms with Gasteiger partial charge >= 0.3 is 0 Å². The highest BCUT2D eigenvalue weighted by atomic mass is 35.5. The summed E-state index contributed by atoms with van der Waals surface area (Å²) >= 11 is 5.94. The first-order valence-electron chi connectivity index (χ1n) is 7.91. The monoisotopic (exact) mass is 333 g/mol. The van der Waals surface area contributed by atoms with Crippen molar-refractivity contribution in [3.8, 4) is 0 Å². The fourth-order valence-corrected chi connectivity index (χ4v) is 2.96. The summed E-state index contributed by atoms with van der Waals surface area (Å²) in [5.41, 5.74) is 1.43. The third kappa shape index (κ3) is 4.33. The van der Waals surface area contributed by atoms with Gasteiger partial charge in [0, 0.05) is 24.0 Å². The van der Waals surface area contributed by atoms with Gasteiger partial charge in [0.25, 0.3) is 5.91 Å². The van der Waals surface area contributed by atoms with Crippen LogP contribution in [-0.4, -0.2) is 30.5 Å². The summed E-state index contributed by atoms with van der Waals surface area (Å²) < 4.78 is 5.48. The fourth-order valence-electron chi connectivity index (χ4n) is 2.75. The van der Waals surface area contributed by atoms with Crippen LogP contribution in [0.5, 0.6) is 0 Å². The molecule has 6 heteroatoms. The standard InChI is InChI=1S/C17H20ClN3O2/c18-14-5-1-3-12(9-14)6-8-20-16(22)15-11-23-17(21-15)13-4-2-7-19-10-13/h1,3,5,9,11,13,19H,2,4,6-8,10H2,(H,20,22). The summed E-state index contributed by atoms with van der Waals surface area (Å²) in [7, 11) is 0. The number of hydrogen-bond acceptors (Lipinski definition) is 4. The normalized spacial score (nSPS) is 17.9. The van der Waals surface area contributed by atoms with Crippen LogP contribution in [0.15, 0.2) is 34.9 Å². The molecule has 2 aromatic rings. The number of halogens is 1. The third-order valence-corrected chi connectivity index (χ3v) is 4.22. The molecule has 0 bridgehead atoms. The molecule has 1 aromatic carbocycles. The minimum absolute atomic E-state index is 0.203. The first-order chi connectivity index (χ1) is 11.2. The second-order valence-corrected chi connectivity index (χ2v) is 6.19. The topological polar surface area (TPSA) is 67.2 Å². The maximum atomic E-state index is 12.1. The number of benzene rings is 1. The van der Waals surface area contributed by atoms with Crippen molar-refractivity contribution in [2.24, 2.45) is 0 Å². The number of carbonyl (C=O) groups excluding carboxylic acids is 1. The van der Waals surface area contributed by atoms with Crippen molar-refractivity contribution in [2.45, 2.75) is 25.2 Å². The largest absolute Gasteiger partial charge is 0.448 e. The molecule has 1 aliphatic rings. The highest BCUT2D eigenvalue weighted by molar-refractivity contribution is 6.30. The van der Waals surface area contributed by atoms with Crippen molar-refractivity contribution in [1.29, 1.82) is 0 Å². The van der Waals surface area contributed by atoms with E-state index in [2.05, 4.69) is 15.6 Å². The van der Waals surface area contributed by atoms with E-state index < -0.39 is 0 Å². The quantitative estimate of drug-likeness (QED) is 0.883. The summed E-state index contributed by atoms with van der Waals surface area (Å²) in [4.78, 5) is 16.5. The van der Waals surface area contributed by atoms with Crippen LogP contribution in [0.25, 0.3) is 0 Å². The Morgan fingerprint density at radius 3 is 3.17 bits per heavy atom. The molecule has 0 radical (unpaired) electrons. The molecule has 0 saturated carbocycles. The Kier molecular flexibility index (Phi) is 5.31. The van der Waals surface area contributed by atoms with E-state index in [0.29, 0.717) is 23.2 Å². The van der Waals surface area contributed by atoms with Crippen LogP contribution in [0.3, 0.4) is 0 Å². The average molecular weight is 334 g/mol. The van der Waals surface area contributed by atoms with Crippen molar-refractivity contribution in [3.05, 3.63) is 52.7 Å². The van der Waals surface area contributed by atoms with Gasteiger partial charge in [-0.25, -0.2) is 4.98 Å². The fraction of sp³-hybridized carbons (Fsp3) is 0.412. The molecule has 1 amide bonds. The molecule has 1 saturated heterocycles. The van der Waals surface area contributed by atoms with E-state index in [1.54, 1.807) is 0 Å². The molecule has 3 rings (SSSR count). The van der Waals surface area contributed by atoms with Gasteiger partial charge in [0.15, 0.2) is 11.6 Å². The lowest BCUT2D eigenvalue weighted by molar-refractivity contribution is 0.0949. The van der Waals surface area contributed by atoms with Crippen LogP contribution < -0.4 is 10.6 Å². The first-order valence-corrected chi connectivity index (χ1v) is 8.29. The molecule has 2 heterocycles. The number of oxazole rings is 1. The predicted octanol–water partition coefficient (Wildman–Crippen LogP) is 2.77. The summed E-state index contributed by atoms with van der Waals surface area (Å²) in [5, 5.41) is 6.89. The molecular weight excluding hydrogens is 314 g/mol. The van der Waals surface area contributed by atoms with Crippen molar-refractivity contribution in [3.63, 3.8) is 0 Å². The van der Waals surface area contributed by atoms with E-state index in [1.807, 2.05) is 24.3 Å². The first kappa shape index (κ1) is 16.0. The SMILES string of the molecule is O=C(NCCc1cccc(Cl)c1)c1coc(C2CCCNC2)n1. The number of amides is 1. The van der Waals surface area contributed by atoms with E-state index in [4.69, 9.17) is 16.0 Å². The molecule has 23 heavy (non-hydrogen) atoms. The Hall–Kier alpha value is -1.85.